The van der Waals surface area contributed by atoms with Crippen LogP contribution in [0.3, 0.4) is 0 Å². The van der Waals surface area contributed by atoms with Gasteiger partial charge in [0.25, 0.3) is 0 Å². The van der Waals surface area contributed by atoms with E-state index >= 15 is 0 Å². The van der Waals surface area contributed by atoms with E-state index in [0.717, 1.165) is 33.9 Å². The van der Waals surface area contributed by atoms with Crippen LogP contribution in [-0.2, 0) is 14.1 Å². The molecule has 0 unspecified atom stereocenters. The Balaban J connectivity index is 1.55. The standard InChI is InChI=1S/C20H19N9O/c1-27-18(9-15(26-27)14-5-4-6-19(23-14)30-3)24-17-10-16(29-8-7-21-12-29)13-11-22-28(2)20(13)25-17/h4-12H,1-3H3,(H,24,25). The molecule has 10 nitrogen and oxygen atoms in total. The SMILES string of the molecule is COc1cccc(-c2cc(Nc3cc(-n4ccnc4)c4cnn(C)c4n3)n(C)n2)n1. The lowest BCUT2D eigenvalue weighted by Gasteiger charge is -2.10. The molecule has 0 aliphatic carbocycles. The molecule has 0 spiro atoms. The van der Waals surface area contributed by atoms with Crippen molar-refractivity contribution in [2.75, 3.05) is 12.4 Å². The van der Waals surface area contributed by atoms with Gasteiger partial charge in [-0.2, -0.15) is 10.2 Å². The highest BCUT2D eigenvalue weighted by molar-refractivity contribution is 5.87. The summed E-state index contributed by atoms with van der Waals surface area (Å²) in [5.74, 6) is 1.99. The molecule has 5 rings (SSSR count). The van der Waals surface area contributed by atoms with E-state index in [1.807, 2.05) is 49.1 Å². The predicted molar refractivity (Wildman–Crippen MR) is 112 cm³/mol. The molecular formula is C20H19N9O. The fourth-order valence-electron chi connectivity index (χ4n) is 3.29. The number of ether oxygens (including phenoxy) is 1. The second-order valence-electron chi connectivity index (χ2n) is 6.73. The number of fused-ring (bicyclic) bond motifs is 1. The molecule has 30 heavy (non-hydrogen) atoms. The lowest BCUT2D eigenvalue weighted by Crippen LogP contribution is -2.03. The van der Waals surface area contributed by atoms with Crippen molar-refractivity contribution in [2.45, 2.75) is 0 Å². The summed E-state index contributed by atoms with van der Waals surface area (Å²) in [4.78, 5) is 13.3. The molecule has 5 aromatic rings. The van der Waals surface area contributed by atoms with Gasteiger partial charge in [0.05, 0.1) is 36.4 Å². The van der Waals surface area contributed by atoms with Crippen LogP contribution in [-0.4, -0.2) is 46.2 Å². The molecule has 0 radical (unpaired) electrons. The molecule has 1 N–H and O–H groups in total. The Kier molecular flexibility index (Phi) is 4.16. The van der Waals surface area contributed by atoms with Crippen molar-refractivity contribution in [3.05, 3.63) is 55.2 Å². The summed E-state index contributed by atoms with van der Waals surface area (Å²) in [7, 11) is 5.33. The molecule has 5 aromatic heterocycles. The third kappa shape index (κ3) is 3.04. The number of hydrogen-bond acceptors (Lipinski definition) is 7. The van der Waals surface area contributed by atoms with Gasteiger partial charge in [-0.1, -0.05) is 6.07 Å². The van der Waals surface area contributed by atoms with E-state index in [1.165, 1.54) is 0 Å². The van der Waals surface area contributed by atoms with E-state index in [9.17, 15) is 0 Å². The normalized spacial score (nSPS) is 11.2. The number of aryl methyl sites for hydroxylation is 2. The Labute approximate surface area is 171 Å². The van der Waals surface area contributed by atoms with Crippen LogP contribution in [0.2, 0.25) is 0 Å². The van der Waals surface area contributed by atoms with Gasteiger partial charge in [0.15, 0.2) is 5.65 Å². The minimum atomic E-state index is 0.543. The molecule has 0 fully saturated rings. The zero-order valence-electron chi connectivity index (χ0n) is 16.7. The van der Waals surface area contributed by atoms with Crippen LogP contribution in [0.1, 0.15) is 0 Å². The summed E-state index contributed by atoms with van der Waals surface area (Å²) in [5, 5.41) is 13.2. The summed E-state index contributed by atoms with van der Waals surface area (Å²) in [6.07, 6.45) is 7.19. The zero-order chi connectivity index (χ0) is 20.7. The molecule has 5 heterocycles. The zero-order valence-corrected chi connectivity index (χ0v) is 16.7. The quantitative estimate of drug-likeness (QED) is 0.483. The number of nitrogens with one attached hydrogen (secondary N) is 1. The average molecular weight is 401 g/mol. The summed E-state index contributed by atoms with van der Waals surface area (Å²) in [5.41, 5.74) is 3.16. The van der Waals surface area contributed by atoms with Gasteiger partial charge >= 0.3 is 0 Å². The van der Waals surface area contributed by atoms with Gasteiger partial charge in [-0.05, 0) is 6.07 Å². The Morgan fingerprint density at radius 3 is 2.73 bits per heavy atom. The maximum absolute atomic E-state index is 5.22. The Morgan fingerprint density at radius 1 is 1.03 bits per heavy atom. The first-order valence-electron chi connectivity index (χ1n) is 9.26. The predicted octanol–water partition coefficient (Wildman–Crippen LogP) is 2.70. The number of imidazole rings is 1. The van der Waals surface area contributed by atoms with Crippen molar-refractivity contribution < 1.29 is 4.74 Å². The first-order valence-corrected chi connectivity index (χ1v) is 9.26. The van der Waals surface area contributed by atoms with Crippen LogP contribution < -0.4 is 10.1 Å². The second-order valence-corrected chi connectivity index (χ2v) is 6.73. The van der Waals surface area contributed by atoms with Gasteiger partial charge in [0.1, 0.15) is 17.3 Å². The number of rotatable bonds is 5. The van der Waals surface area contributed by atoms with E-state index in [2.05, 4.69) is 25.5 Å². The number of hydrogen-bond donors (Lipinski definition) is 1. The number of anilines is 2. The van der Waals surface area contributed by atoms with Gasteiger partial charge < -0.3 is 14.6 Å². The van der Waals surface area contributed by atoms with Crippen LogP contribution in [0.4, 0.5) is 11.6 Å². The third-order valence-corrected chi connectivity index (χ3v) is 4.80. The van der Waals surface area contributed by atoms with Crippen LogP contribution in [0.15, 0.2) is 55.2 Å². The van der Waals surface area contributed by atoms with Crippen LogP contribution in [0.25, 0.3) is 28.1 Å². The highest BCUT2D eigenvalue weighted by Crippen LogP contribution is 2.27. The van der Waals surface area contributed by atoms with Crippen molar-refractivity contribution in [2.24, 2.45) is 14.1 Å². The summed E-state index contributed by atoms with van der Waals surface area (Å²) >= 11 is 0. The molecule has 0 aliphatic heterocycles. The molecule has 0 amide bonds. The molecule has 0 aliphatic rings. The highest BCUT2D eigenvalue weighted by atomic mass is 16.5. The number of nitrogens with zero attached hydrogens (tertiary/aromatic N) is 8. The highest BCUT2D eigenvalue weighted by Gasteiger charge is 2.14. The fraction of sp³-hybridized carbons (Fsp3) is 0.150. The lowest BCUT2D eigenvalue weighted by atomic mass is 10.2. The fourth-order valence-corrected chi connectivity index (χ4v) is 3.29. The van der Waals surface area contributed by atoms with Crippen LogP contribution in [0, 0.1) is 0 Å². The molecule has 0 aromatic carbocycles. The van der Waals surface area contributed by atoms with Crippen LogP contribution in [0.5, 0.6) is 5.88 Å². The molecule has 150 valence electrons. The van der Waals surface area contributed by atoms with Gasteiger partial charge in [-0.3, -0.25) is 9.36 Å². The Morgan fingerprint density at radius 2 is 1.93 bits per heavy atom. The second kappa shape index (κ2) is 6.99. The third-order valence-electron chi connectivity index (χ3n) is 4.80. The smallest absolute Gasteiger partial charge is 0.213 e. The Hall–Kier alpha value is -4.21. The monoisotopic (exact) mass is 401 g/mol. The molecular weight excluding hydrogens is 382 g/mol. The number of methoxy groups -OCH3 is 1. The van der Waals surface area contributed by atoms with Gasteiger partial charge in [-0.25, -0.2) is 15.0 Å². The topological polar surface area (TPSA) is 100 Å². The summed E-state index contributed by atoms with van der Waals surface area (Å²) in [6, 6.07) is 9.47. The van der Waals surface area contributed by atoms with Crippen molar-refractivity contribution in [3.63, 3.8) is 0 Å². The van der Waals surface area contributed by atoms with Crippen LogP contribution >= 0.6 is 0 Å². The minimum Gasteiger partial charge on any atom is -0.481 e. The lowest BCUT2D eigenvalue weighted by molar-refractivity contribution is 0.398. The van der Waals surface area contributed by atoms with Crippen molar-refractivity contribution >= 4 is 22.7 Å². The van der Waals surface area contributed by atoms with Gasteiger partial charge in [0, 0.05) is 44.7 Å². The summed E-state index contributed by atoms with van der Waals surface area (Å²) < 4.78 is 10.6. The van der Waals surface area contributed by atoms with Crippen molar-refractivity contribution in [1.29, 1.82) is 0 Å². The van der Waals surface area contributed by atoms with Crippen molar-refractivity contribution in [3.8, 4) is 23.0 Å². The maximum atomic E-state index is 5.22. The van der Waals surface area contributed by atoms with E-state index in [0.29, 0.717) is 11.7 Å². The average Bonchev–Trinajstić information content (AvgIpc) is 3.50. The number of pyridine rings is 2. The number of aromatic nitrogens is 8. The molecule has 0 atom stereocenters. The van der Waals surface area contributed by atoms with E-state index in [1.54, 1.807) is 41.3 Å². The summed E-state index contributed by atoms with van der Waals surface area (Å²) in [6.45, 7) is 0. The maximum Gasteiger partial charge on any atom is 0.213 e. The largest absolute Gasteiger partial charge is 0.481 e. The molecule has 0 saturated carbocycles. The molecule has 10 heteroatoms. The van der Waals surface area contributed by atoms with E-state index in [4.69, 9.17) is 9.72 Å². The van der Waals surface area contributed by atoms with Crippen molar-refractivity contribution in [1.82, 2.24) is 39.1 Å². The Bertz CT molecular complexity index is 1330. The first kappa shape index (κ1) is 17.9. The van der Waals surface area contributed by atoms with Gasteiger partial charge in [0.2, 0.25) is 5.88 Å². The van der Waals surface area contributed by atoms with Gasteiger partial charge in [-0.15, -0.1) is 0 Å². The van der Waals surface area contributed by atoms with E-state index < -0.39 is 0 Å². The minimum absolute atomic E-state index is 0.543. The molecule has 0 saturated heterocycles. The molecule has 0 bridgehead atoms. The van der Waals surface area contributed by atoms with E-state index in [-0.39, 0.29) is 0 Å². The first-order chi connectivity index (χ1) is 14.6.